The summed E-state index contributed by atoms with van der Waals surface area (Å²) < 4.78 is 5.17. The lowest BCUT2D eigenvalue weighted by Crippen LogP contribution is -1.95. The number of aromatic nitrogens is 2. The number of ether oxygens (including phenoxy) is 1. The van der Waals surface area contributed by atoms with Crippen LogP contribution in [0, 0.1) is 0 Å². The summed E-state index contributed by atoms with van der Waals surface area (Å²) in [5, 5.41) is 0. The molecule has 0 bridgehead atoms. The third kappa shape index (κ3) is 1.15. The van der Waals surface area contributed by atoms with Crippen LogP contribution < -0.4 is 10.5 Å². The normalized spacial score (nSPS) is 10.6. The van der Waals surface area contributed by atoms with E-state index in [1.165, 1.54) is 0 Å². The van der Waals surface area contributed by atoms with Gasteiger partial charge in [-0.1, -0.05) is 0 Å². The first-order chi connectivity index (χ1) is 6.36. The average Bonchev–Trinajstić information content (AvgIpc) is 2.60. The van der Waals surface area contributed by atoms with E-state index in [1.807, 2.05) is 12.3 Å². The summed E-state index contributed by atoms with van der Waals surface area (Å²) in [7, 11) is 1.64. The highest BCUT2D eigenvalue weighted by molar-refractivity contribution is 5.84. The molecule has 13 heavy (non-hydrogen) atoms. The molecule has 0 amide bonds. The molecule has 0 aromatic carbocycles. The molecule has 0 fully saturated rings. The Kier molecular flexibility index (Phi) is 1.90. The van der Waals surface area contributed by atoms with Gasteiger partial charge in [-0.05, 0) is 0 Å². The highest BCUT2D eigenvalue weighted by Crippen LogP contribution is 2.24. The summed E-state index contributed by atoms with van der Waals surface area (Å²) in [5.74, 6) is 0.796. The molecule has 4 heteroatoms. The van der Waals surface area contributed by atoms with E-state index in [9.17, 15) is 0 Å². The Bertz CT molecular complexity index is 422. The van der Waals surface area contributed by atoms with Gasteiger partial charge in [-0.25, -0.2) is 0 Å². The first kappa shape index (κ1) is 8.07. The van der Waals surface area contributed by atoms with Crippen LogP contribution in [0.5, 0.6) is 5.75 Å². The van der Waals surface area contributed by atoms with Gasteiger partial charge in [0, 0.05) is 30.6 Å². The van der Waals surface area contributed by atoms with Crippen molar-refractivity contribution in [3.8, 4) is 5.75 Å². The van der Waals surface area contributed by atoms with Gasteiger partial charge in [0.1, 0.15) is 11.3 Å². The molecule has 0 aliphatic heterocycles. The number of pyridine rings is 1. The second-order valence-corrected chi connectivity index (χ2v) is 2.75. The zero-order chi connectivity index (χ0) is 9.26. The second kappa shape index (κ2) is 3.06. The zero-order valence-electron chi connectivity index (χ0n) is 7.37. The number of rotatable bonds is 2. The summed E-state index contributed by atoms with van der Waals surface area (Å²) in [4.78, 5) is 7.32. The number of aromatic amines is 1. The molecule has 0 aliphatic carbocycles. The molecule has 0 spiro atoms. The smallest absolute Gasteiger partial charge is 0.146 e. The van der Waals surface area contributed by atoms with Gasteiger partial charge >= 0.3 is 0 Å². The maximum Gasteiger partial charge on any atom is 0.146 e. The lowest BCUT2D eigenvalue weighted by Gasteiger charge is -1.99. The molecular formula is C9H11N3O. The van der Waals surface area contributed by atoms with Gasteiger partial charge in [0.05, 0.1) is 12.6 Å². The van der Waals surface area contributed by atoms with Crippen LogP contribution in [0.1, 0.15) is 5.56 Å². The highest BCUT2D eigenvalue weighted by atomic mass is 16.5. The number of nitrogens with two attached hydrogens (primary N) is 1. The molecule has 3 N–H and O–H groups in total. The number of methoxy groups -OCH3 is 1. The molecule has 0 aliphatic rings. The summed E-state index contributed by atoms with van der Waals surface area (Å²) in [5.41, 5.74) is 8.36. The minimum atomic E-state index is 0.486. The highest BCUT2D eigenvalue weighted by Gasteiger charge is 2.06. The van der Waals surface area contributed by atoms with E-state index < -0.39 is 0 Å². The fourth-order valence-electron chi connectivity index (χ4n) is 1.38. The minimum Gasteiger partial charge on any atom is -0.494 e. The molecule has 0 saturated carbocycles. The van der Waals surface area contributed by atoms with Crippen LogP contribution in [-0.2, 0) is 6.54 Å². The zero-order valence-corrected chi connectivity index (χ0v) is 7.37. The van der Waals surface area contributed by atoms with Crippen molar-refractivity contribution < 1.29 is 4.74 Å². The Morgan fingerprint density at radius 2 is 2.46 bits per heavy atom. The van der Waals surface area contributed by atoms with E-state index in [1.54, 1.807) is 13.3 Å². The fraction of sp³-hybridized carbons (Fsp3) is 0.222. The topological polar surface area (TPSA) is 63.9 Å². The first-order valence-corrected chi connectivity index (χ1v) is 4.06. The van der Waals surface area contributed by atoms with Crippen molar-refractivity contribution in [3.05, 3.63) is 24.0 Å². The Labute approximate surface area is 75.7 Å². The number of nitrogens with zero attached hydrogens (tertiary/aromatic N) is 1. The van der Waals surface area contributed by atoms with Crippen molar-refractivity contribution in [3.63, 3.8) is 0 Å². The van der Waals surface area contributed by atoms with Crippen molar-refractivity contribution in [1.29, 1.82) is 0 Å². The van der Waals surface area contributed by atoms with Crippen LogP contribution in [0.3, 0.4) is 0 Å². The van der Waals surface area contributed by atoms with Crippen molar-refractivity contribution in [2.75, 3.05) is 7.11 Å². The molecule has 2 aromatic rings. The standard InChI is InChI=1S/C9H11N3O/c1-13-7-2-3-11-8-6(4-10)5-12-9(7)8/h2-3,5,12H,4,10H2,1H3. The van der Waals surface area contributed by atoms with E-state index in [0.29, 0.717) is 6.54 Å². The van der Waals surface area contributed by atoms with Gasteiger partial charge < -0.3 is 15.5 Å². The summed E-state index contributed by atoms with van der Waals surface area (Å²) in [6.07, 6.45) is 3.58. The Morgan fingerprint density at radius 1 is 1.62 bits per heavy atom. The lowest BCUT2D eigenvalue weighted by molar-refractivity contribution is 0.418. The summed E-state index contributed by atoms with van der Waals surface area (Å²) in [6, 6.07) is 1.82. The third-order valence-electron chi connectivity index (χ3n) is 2.05. The molecule has 0 saturated heterocycles. The monoisotopic (exact) mass is 177 g/mol. The summed E-state index contributed by atoms with van der Waals surface area (Å²) >= 11 is 0. The molecule has 0 radical (unpaired) electrons. The van der Waals surface area contributed by atoms with E-state index in [-0.39, 0.29) is 0 Å². The number of H-pyrrole nitrogens is 1. The van der Waals surface area contributed by atoms with Crippen LogP contribution >= 0.6 is 0 Å². The van der Waals surface area contributed by atoms with Gasteiger partial charge in [0.25, 0.3) is 0 Å². The largest absolute Gasteiger partial charge is 0.494 e. The predicted molar refractivity (Wildman–Crippen MR) is 50.5 cm³/mol. The van der Waals surface area contributed by atoms with Gasteiger partial charge in [-0.2, -0.15) is 0 Å². The van der Waals surface area contributed by atoms with Crippen LogP contribution in [0.2, 0.25) is 0 Å². The van der Waals surface area contributed by atoms with Crippen LogP contribution in [0.15, 0.2) is 18.5 Å². The minimum absolute atomic E-state index is 0.486. The first-order valence-electron chi connectivity index (χ1n) is 4.06. The van der Waals surface area contributed by atoms with Gasteiger partial charge in [-0.15, -0.1) is 0 Å². The lowest BCUT2D eigenvalue weighted by atomic mass is 10.2. The van der Waals surface area contributed by atoms with Crippen molar-refractivity contribution in [2.24, 2.45) is 5.73 Å². The predicted octanol–water partition coefficient (Wildman–Crippen LogP) is 1.03. The fourth-order valence-corrected chi connectivity index (χ4v) is 1.38. The maximum atomic E-state index is 5.55. The van der Waals surface area contributed by atoms with E-state index in [4.69, 9.17) is 10.5 Å². The van der Waals surface area contributed by atoms with Crippen LogP contribution in [0.25, 0.3) is 11.0 Å². The van der Waals surface area contributed by atoms with Crippen molar-refractivity contribution >= 4 is 11.0 Å². The van der Waals surface area contributed by atoms with Crippen LogP contribution in [-0.4, -0.2) is 17.1 Å². The quantitative estimate of drug-likeness (QED) is 0.720. The SMILES string of the molecule is COc1ccnc2c(CN)c[nH]c12. The van der Waals surface area contributed by atoms with Gasteiger partial charge in [0.2, 0.25) is 0 Å². The summed E-state index contributed by atoms with van der Waals surface area (Å²) in [6.45, 7) is 0.486. The Balaban J connectivity index is 2.72. The number of fused-ring (bicyclic) bond motifs is 1. The molecule has 0 unspecified atom stereocenters. The van der Waals surface area contributed by atoms with Crippen molar-refractivity contribution in [1.82, 2.24) is 9.97 Å². The van der Waals surface area contributed by atoms with E-state index in [2.05, 4.69) is 9.97 Å². The number of nitrogens with one attached hydrogen (secondary N) is 1. The molecule has 68 valence electrons. The van der Waals surface area contributed by atoms with E-state index >= 15 is 0 Å². The molecular weight excluding hydrogens is 166 g/mol. The average molecular weight is 177 g/mol. The van der Waals surface area contributed by atoms with Gasteiger partial charge in [0.15, 0.2) is 0 Å². The van der Waals surface area contributed by atoms with Crippen molar-refractivity contribution in [2.45, 2.75) is 6.54 Å². The number of hydrogen-bond donors (Lipinski definition) is 2. The second-order valence-electron chi connectivity index (χ2n) is 2.75. The Hall–Kier alpha value is -1.55. The molecule has 0 atom stereocenters. The third-order valence-corrected chi connectivity index (χ3v) is 2.05. The van der Waals surface area contributed by atoms with Gasteiger partial charge in [-0.3, -0.25) is 4.98 Å². The molecule has 4 nitrogen and oxygen atoms in total. The molecule has 2 aromatic heterocycles. The van der Waals surface area contributed by atoms with Crippen LogP contribution in [0.4, 0.5) is 0 Å². The molecule has 2 heterocycles. The maximum absolute atomic E-state index is 5.55. The molecule has 2 rings (SSSR count). The van der Waals surface area contributed by atoms with E-state index in [0.717, 1.165) is 22.3 Å². The Morgan fingerprint density at radius 3 is 3.15 bits per heavy atom. The number of hydrogen-bond acceptors (Lipinski definition) is 3.